The number of rotatable bonds is 6. The van der Waals surface area contributed by atoms with Gasteiger partial charge in [-0.15, -0.1) is 0 Å². The fraction of sp³-hybridized carbons (Fsp3) is 0.300. The number of hydrogen-bond acceptors (Lipinski definition) is 6. The molecule has 0 unspecified atom stereocenters. The van der Waals surface area contributed by atoms with Gasteiger partial charge in [-0.05, 0) is 38.1 Å². The highest BCUT2D eigenvalue weighted by molar-refractivity contribution is 5.67. The van der Waals surface area contributed by atoms with Gasteiger partial charge in [0.05, 0.1) is 17.1 Å². The van der Waals surface area contributed by atoms with E-state index in [1.165, 1.54) is 0 Å². The van der Waals surface area contributed by atoms with Crippen LogP contribution in [0, 0.1) is 6.92 Å². The van der Waals surface area contributed by atoms with E-state index in [9.17, 15) is 0 Å². The van der Waals surface area contributed by atoms with Crippen molar-refractivity contribution in [3.8, 4) is 11.3 Å². The van der Waals surface area contributed by atoms with Gasteiger partial charge in [0.2, 0.25) is 0 Å². The molecule has 0 aliphatic carbocycles. The SMILES string of the molecule is CCN(CC)c1ccc(-c2nc3cccnn3c2Cc2coc(C)n2)cn1. The molecule has 4 heterocycles. The molecule has 0 aliphatic heterocycles. The Bertz CT molecular complexity index is 1050. The molecule has 7 nitrogen and oxygen atoms in total. The number of oxazole rings is 1. The fourth-order valence-corrected chi connectivity index (χ4v) is 3.25. The van der Waals surface area contributed by atoms with Gasteiger partial charge in [-0.1, -0.05) is 0 Å². The molecule has 0 saturated heterocycles. The Kier molecular flexibility index (Phi) is 4.58. The van der Waals surface area contributed by atoms with Gasteiger partial charge in [-0.3, -0.25) is 0 Å². The summed E-state index contributed by atoms with van der Waals surface area (Å²) in [6, 6.07) is 7.95. The number of fused-ring (bicyclic) bond motifs is 1. The molecule has 4 rings (SSSR count). The van der Waals surface area contributed by atoms with E-state index < -0.39 is 0 Å². The molecule has 0 bridgehead atoms. The maximum Gasteiger partial charge on any atom is 0.191 e. The van der Waals surface area contributed by atoms with Crippen LogP contribution in [0.5, 0.6) is 0 Å². The predicted molar refractivity (Wildman–Crippen MR) is 104 cm³/mol. The number of aromatic nitrogens is 5. The molecule has 0 aliphatic rings. The molecule has 0 aromatic carbocycles. The molecule has 0 fully saturated rings. The van der Waals surface area contributed by atoms with E-state index >= 15 is 0 Å². The molecule has 7 heteroatoms. The van der Waals surface area contributed by atoms with Crippen molar-refractivity contribution in [2.24, 2.45) is 0 Å². The van der Waals surface area contributed by atoms with E-state index in [1.807, 2.05) is 35.8 Å². The second kappa shape index (κ2) is 7.19. The van der Waals surface area contributed by atoms with Crippen LogP contribution < -0.4 is 4.90 Å². The molecule has 0 saturated carbocycles. The van der Waals surface area contributed by atoms with Crippen molar-refractivity contribution in [2.45, 2.75) is 27.2 Å². The Labute approximate surface area is 157 Å². The summed E-state index contributed by atoms with van der Waals surface area (Å²) >= 11 is 0. The Morgan fingerprint density at radius 1 is 1.11 bits per heavy atom. The summed E-state index contributed by atoms with van der Waals surface area (Å²) in [6.07, 6.45) is 5.91. The molecule has 27 heavy (non-hydrogen) atoms. The lowest BCUT2D eigenvalue weighted by molar-refractivity contribution is 0.520. The minimum atomic E-state index is 0.586. The first-order valence-corrected chi connectivity index (χ1v) is 9.14. The lowest BCUT2D eigenvalue weighted by Gasteiger charge is -2.19. The normalized spacial score (nSPS) is 11.2. The zero-order valence-corrected chi connectivity index (χ0v) is 15.8. The third kappa shape index (κ3) is 3.28. The predicted octanol–water partition coefficient (Wildman–Crippen LogP) is 3.52. The van der Waals surface area contributed by atoms with Crippen LogP contribution in [0.25, 0.3) is 16.9 Å². The number of anilines is 1. The molecular weight excluding hydrogens is 340 g/mol. The number of imidazole rings is 1. The maximum atomic E-state index is 5.36. The molecule has 4 aromatic rings. The smallest absolute Gasteiger partial charge is 0.191 e. The van der Waals surface area contributed by atoms with Gasteiger partial charge >= 0.3 is 0 Å². The second-order valence-corrected chi connectivity index (χ2v) is 6.31. The van der Waals surface area contributed by atoms with Crippen molar-refractivity contribution in [3.63, 3.8) is 0 Å². The van der Waals surface area contributed by atoms with E-state index in [2.05, 4.69) is 39.9 Å². The van der Waals surface area contributed by atoms with E-state index in [0.717, 1.165) is 47.2 Å². The third-order valence-corrected chi connectivity index (χ3v) is 4.61. The topological polar surface area (TPSA) is 72.4 Å². The lowest BCUT2D eigenvalue weighted by Crippen LogP contribution is -2.22. The Hall–Kier alpha value is -3.22. The van der Waals surface area contributed by atoms with Crippen molar-refractivity contribution >= 4 is 11.5 Å². The number of hydrogen-bond donors (Lipinski definition) is 0. The van der Waals surface area contributed by atoms with E-state index in [-0.39, 0.29) is 0 Å². The first kappa shape index (κ1) is 17.2. The zero-order valence-electron chi connectivity index (χ0n) is 15.8. The van der Waals surface area contributed by atoms with Gasteiger partial charge in [0.1, 0.15) is 12.1 Å². The summed E-state index contributed by atoms with van der Waals surface area (Å²) in [7, 11) is 0. The van der Waals surface area contributed by atoms with E-state index in [1.54, 1.807) is 12.5 Å². The van der Waals surface area contributed by atoms with Crippen molar-refractivity contribution in [1.29, 1.82) is 0 Å². The molecular formula is C20H22N6O. The highest BCUT2D eigenvalue weighted by Gasteiger charge is 2.17. The van der Waals surface area contributed by atoms with Crippen molar-refractivity contribution in [1.82, 2.24) is 24.6 Å². The Morgan fingerprint density at radius 3 is 2.63 bits per heavy atom. The van der Waals surface area contributed by atoms with Crippen molar-refractivity contribution < 1.29 is 4.42 Å². The summed E-state index contributed by atoms with van der Waals surface area (Å²) in [5.74, 6) is 1.62. The van der Waals surface area contributed by atoms with E-state index in [0.29, 0.717) is 12.3 Å². The average molecular weight is 362 g/mol. The van der Waals surface area contributed by atoms with E-state index in [4.69, 9.17) is 9.40 Å². The second-order valence-electron chi connectivity index (χ2n) is 6.31. The van der Waals surface area contributed by atoms with Crippen LogP contribution in [0.2, 0.25) is 0 Å². The summed E-state index contributed by atoms with van der Waals surface area (Å²) in [5.41, 5.74) is 4.46. The largest absolute Gasteiger partial charge is 0.449 e. The molecule has 0 radical (unpaired) electrons. The highest BCUT2D eigenvalue weighted by Crippen LogP contribution is 2.26. The maximum absolute atomic E-state index is 5.36. The van der Waals surface area contributed by atoms with Crippen LogP contribution in [0.15, 0.2) is 47.3 Å². The molecule has 0 N–H and O–H groups in total. The van der Waals surface area contributed by atoms with Crippen LogP contribution in [0.1, 0.15) is 31.1 Å². The summed E-state index contributed by atoms with van der Waals surface area (Å²) in [5, 5.41) is 4.47. The van der Waals surface area contributed by atoms with Gasteiger partial charge in [0.25, 0.3) is 0 Å². The monoisotopic (exact) mass is 362 g/mol. The quantitative estimate of drug-likeness (QED) is 0.522. The summed E-state index contributed by atoms with van der Waals surface area (Å²) < 4.78 is 7.22. The molecule has 0 spiro atoms. The van der Waals surface area contributed by atoms with Crippen molar-refractivity contribution in [2.75, 3.05) is 18.0 Å². The lowest BCUT2D eigenvalue weighted by atomic mass is 10.1. The van der Waals surface area contributed by atoms with Gasteiger partial charge in [0.15, 0.2) is 11.5 Å². The number of nitrogens with zero attached hydrogens (tertiary/aromatic N) is 6. The molecule has 138 valence electrons. The van der Waals surface area contributed by atoms with Gasteiger partial charge in [-0.25, -0.2) is 19.5 Å². The van der Waals surface area contributed by atoms with Crippen LogP contribution in [-0.2, 0) is 6.42 Å². The summed E-state index contributed by atoms with van der Waals surface area (Å²) in [4.78, 5) is 16.1. The molecule has 0 atom stereocenters. The Morgan fingerprint density at radius 2 is 1.96 bits per heavy atom. The number of aryl methyl sites for hydroxylation is 1. The van der Waals surface area contributed by atoms with Crippen LogP contribution in [0.4, 0.5) is 5.82 Å². The zero-order chi connectivity index (χ0) is 18.8. The third-order valence-electron chi connectivity index (χ3n) is 4.61. The number of pyridine rings is 1. The fourth-order valence-electron chi connectivity index (χ4n) is 3.25. The van der Waals surface area contributed by atoms with Gasteiger partial charge in [0, 0.05) is 44.4 Å². The van der Waals surface area contributed by atoms with Gasteiger partial charge in [-0.2, -0.15) is 5.10 Å². The van der Waals surface area contributed by atoms with Crippen LogP contribution >= 0.6 is 0 Å². The molecule has 0 amide bonds. The van der Waals surface area contributed by atoms with Crippen LogP contribution in [-0.4, -0.2) is 37.7 Å². The van der Waals surface area contributed by atoms with Crippen LogP contribution in [0.3, 0.4) is 0 Å². The Balaban J connectivity index is 1.77. The first-order chi connectivity index (χ1) is 13.2. The highest BCUT2D eigenvalue weighted by atomic mass is 16.3. The van der Waals surface area contributed by atoms with Crippen molar-refractivity contribution in [3.05, 3.63) is 60.2 Å². The summed E-state index contributed by atoms with van der Waals surface area (Å²) in [6.45, 7) is 7.96. The van der Waals surface area contributed by atoms with Gasteiger partial charge < -0.3 is 9.32 Å². The average Bonchev–Trinajstić information content (AvgIpc) is 3.27. The molecule has 4 aromatic heterocycles. The standard InChI is InChI=1S/C20H22N6O/c1-4-25(5-2)18-9-8-15(12-21-18)20-17(11-16-13-27-14(3)23-16)26-19(24-20)7-6-10-22-26/h6-10,12-13H,4-5,11H2,1-3H3. The first-order valence-electron chi connectivity index (χ1n) is 9.14. The minimum absolute atomic E-state index is 0.586. The minimum Gasteiger partial charge on any atom is -0.449 e.